The molecule has 0 spiro atoms. The van der Waals surface area contributed by atoms with Gasteiger partial charge in [-0.3, -0.25) is 0 Å². The Balaban J connectivity index is 3.10. The highest BCUT2D eigenvalue weighted by molar-refractivity contribution is 4.98. The van der Waals surface area contributed by atoms with Crippen molar-refractivity contribution >= 4 is 0 Å². The van der Waals surface area contributed by atoms with Crippen LogP contribution in [-0.2, 0) is 0 Å². The van der Waals surface area contributed by atoms with Crippen LogP contribution in [0.3, 0.4) is 0 Å². The fourth-order valence-corrected chi connectivity index (χ4v) is 0.344. The molecule has 0 fully saturated rings. The van der Waals surface area contributed by atoms with Crippen LogP contribution in [0.1, 0.15) is 12.8 Å². The average Bonchev–Trinajstić information content (AvgIpc) is 1.81. The first-order valence-electron chi connectivity index (χ1n) is 2.61. The predicted molar refractivity (Wildman–Crippen MR) is 37.4 cm³/mol. The minimum Gasteiger partial charge on any atom is -0.120 e. The molecular weight excluding hydrogens is 96.1 g/mol. The predicted octanol–water partition coefficient (Wildman–Crippen LogP) is 2.14. The van der Waals surface area contributed by atoms with Crippen LogP contribution in [0, 0.1) is 12.3 Å². The van der Waals surface area contributed by atoms with Gasteiger partial charge in [-0.1, -0.05) is 18.2 Å². The van der Waals surface area contributed by atoms with Crippen molar-refractivity contribution in [3.05, 3.63) is 24.8 Å². The molecule has 0 amide bonds. The van der Waals surface area contributed by atoms with Crippen LogP contribution in [0.15, 0.2) is 24.8 Å². The zero-order valence-electron chi connectivity index (χ0n) is 4.93. The summed E-state index contributed by atoms with van der Waals surface area (Å²) >= 11 is 0. The van der Waals surface area contributed by atoms with E-state index in [1.54, 1.807) is 0 Å². The molecule has 0 N–H and O–H groups in total. The second-order valence-corrected chi connectivity index (χ2v) is 1.40. The zero-order valence-corrected chi connectivity index (χ0v) is 4.93. The average molecular weight is 106 g/mol. The molecule has 0 heteroatoms. The Morgan fingerprint density at radius 3 is 2.75 bits per heavy atom. The minimum atomic E-state index is 0.730. The van der Waals surface area contributed by atoms with E-state index in [4.69, 9.17) is 6.42 Å². The summed E-state index contributed by atoms with van der Waals surface area (Å²) in [6, 6.07) is 0. The summed E-state index contributed by atoms with van der Waals surface area (Å²) in [5.74, 6) is 2.51. The van der Waals surface area contributed by atoms with E-state index < -0.39 is 0 Å². The molecular formula is C8H10. The molecule has 42 valence electrons. The van der Waals surface area contributed by atoms with Gasteiger partial charge in [0.05, 0.1) is 0 Å². The van der Waals surface area contributed by atoms with Crippen molar-refractivity contribution in [3.8, 4) is 12.3 Å². The van der Waals surface area contributed by atoms with Gasteiger partial charge in [0.1, 0.15) is 0 Å². The van der Waals surface area contributed by atoms with Gasteiger partial charge in [0.2, 0.25) is 0 Å². The van der Waals surface area contributed by atoms with Crippen molar-refractivity contribution in [2.45, 2.75) is 12.8 Å². The second-order valence-electron chi connectivity index (χ2n) is 1.40. The van der Waals surface area contributed by atoms with Crippen LogP contribution in [0.4, 0.5) is 0 Å². The number of hydrogen-bond donors (Lipinski definition) is 0. The summed E-state index contributed by atoms with van der Waals surface area (Å²) in [5, 5.41) is 0. The van der Waals surface area contributed by atoms with Gasteiger partial charge >= 0.3 is 0 Å². The van der Waals surface area contributed by atoms with E-state index in [0.29, 0.717) is 0 Å². The molecule has 0 aromatic carbocycles. The summed E-state index contributed by atoms with van der Waals surface area (Å²) in [7, 11) is 0. The number of rotatable bonds is 3. The largest absolute Gasteiger partial charge is 0.120 e. The Hall–Kier alpha value is -0.960. The summed E-state index contributed by atoms with van der Waals surface area (Å²) in [6.45, 7) is 3.56. The fourth-order valence-electron chi connectivity index (χ4n) is 0.344. The van der Waals surface area contributed by atoms with Gasteiger partial charge in [-0.2, -0.15) is 0 Å². The Morgan fingerprint density at radius 1 is 1.50 bits per heavy atom. The fraction of sp³-hybridized carbons (Fsp3) is 0.250. The van der Waals surface area contributed by atoms with E-state index in [1.165, 1.54) is 0 Å². The molecule has 0 aliphatic heterocycles. The van der Waals surface area contributed by atoms with Gasteiger partial charge in [-0.15, -0.1) is 18.9 Å². The first-order valence-corrected chi connectivity index (χ1v) is 2.61. The summed E-state index contributed by atoms with van der Waals surface area (Å²) in [5.41, 5.74) is 0. The van der Waals surface area contributed by atoms with Crippen LogP contribution in [-0.4, -0.2) is 0 Å². The van der Waals surface area contributed by atoms with E-state index in [2.05, 4.69) is 12.5 Å². The third kappa shape index (κ3) is 5.04. The molecule has 0 atom stereocenters. The van der Waals surface area contributed by atoms with E-state index in [9.17, 15) is 0 Å². The molecule has 0 radical (unpaired) electrons. The lowest BCUT2D eigenvalue weighted by atomic mass is 10.3. The van der Waals surface area contributed by atoms with Crippen molar-refractivity contribution < 1.29 is 0 Å². The molecule has 0 aliphatic rings. The van der Waals surface area contributed by atoms with Gasteiger partial charge in [0.15, 0.2) is 0 Å². The van der Waals surface area contributed by atoms with E-state index in [-0.39, 0.29) is 0 Å². The van der Waals surface area contributed by atoms with E-state index in [1.807, 2.05) is 18.2 Å². The van der Waals surface area contributed by atoms with Crippen molar-refractivity contribution in [3.63, 3.8) is 0 Å². The molecule has 0 saturated carbocycles. The minimum absolute atomic E-state index is 0.730. The third-order valence-corrected chi connectivity index (χ3v) is 0.705. The van der Waals surface area contributed by atoms with Crippen molar-refractivity contribution in [2.75, 3.05) is 0 Å². The standard InChI is InChI=1S/C8H10/c1-3-5-7-8-6-4-2/h1,4,7-8H,2,5-6H2. The molecule has 0 saturated heterocycles. The highest BCUT2D eigenvalue weighted by Crippen LogP contribution is 1.84. The molecule has 0 nitrogen and oxygen atoms in total. The van der Waals surface area contributed by atoms with Gasteiger partial charge < -0.3 is 0 Å². The molecule has 0 bridgehead atoms. The Bertz CT molecular complexity index is 112. The smallest absolute Gasteiger partial charge is 0.0267 e. The van der Waals surface area contributed by atoms with E-state index >= 15 is 0 Å². The Kier molecular flexibility index (Phi) is 5.32. The van der Waals surface area contributed by atoms with Crippen LogP contribution < -0.4 is 0 Å². The molecule has 0 aromatic heterocycles. The lowest BCUT2D eigenvalue weighted by Crippen LogP contribution is -1.56. The first-order chi connectivity index (χ1) is 3.91. The van der Waals surface area contributed by atoms with Crippen LogP contribution in [0.25, 0.3) is 0 Å². The van der Waals surface area contributed by atoms with Crippen LogP contribution in [0.5, 0.6) is 0 Å². The summed E-state index contributed by atoms with van der Waals surface area (Å²) in [6.07, 6.45) is 12.4. The Morgan fingerprint density at radius 2 is 2.25 bits per heavy atom. The summed E-state index contributed by atoms with van der Waals surface area (Å²) < 4.78 is 0. The van der Waals surface area contributed by atoms with Crippen molar-refractivity contribution in [2.24, 2.45) is 0 Å². The highest BCUT2D eigenvalue weighted by atomic mass is 13.7. The molecule has 0 rings (SSSR count). The highest BCUT2D eigenvalue weighted by Gasteiger charge is 1.65. The monoisotopic (exact) mass is 106 g/mol. The maximum absolute atomic E-state index is 4.98. The van der Waals surface area contributed by atoms with Crippen LogP contribution in [0.2, 0.25) is 0 Å². The maximum atomic E-state index is 4.98. The molecule has 8 heavy (non-hydrogen) atoms. The van der Waals surface area contributed by atoms with Gasteiger partial charge in [-0.05, 0) is 6.42 Å². The molecule has 0 aromatic rings. The maximum Gasteiger partial charge on any atom is 0.0267 e. The molecule has 0 unspecified atom stereocenters. The normalized spacial score (nSPS) is 8.88. The zero-order chi connectivity index (χ0) is 6.24. The van der Waals surface area contributed by atoms with Gasteiger partial charge in [-0.25, -0.2) is 0 Å². The van der Waals surface area contributed by atoms with E-state index in [0.717, 1.165) is 12.8 Å². The lowest BCUT2D eigenvalue weighted by Gasteiger charge is -1.75. The quantitative estimate of drug-likeness (QED) is 0.382. The topological polar surface area (TPSA) is 0 Å². The molecule has 0 aliphatic carbocycles. The number of terminal acetylenes is 1. The first kappa shape index (κ1) is 7.04. The number of hydrogen-bond acceptors (Lipinski definition) is 0. The van der Waals surface area contributed by atoms with Crippen molar-refractivity contribution in [1.82, 2.24) is 0 Å². The lowest BCUT2D eigenvalue weighted by molar-refractivity contribution is 1.35. The summed E-state index contributed by atoms with van der Waals surface area (Å²) in [4.78, 5) is 0. The number of allylic oxidation sites excluding steroid dienone is 3. The van der Waals surface area contributed by atoms with Crippen LogP contribution >= 0.6 is 0 Å². The van der Waals surface area contributed by atoms with Gasteiger partial charge in [0, 0.05) is 6.42 Å². The Labute approximate surface area is 50.9 Å². The van der Waals surface area contributed by atoms with Crippen molar-refractivity contribution in [1.29, 1.82) is 0 Å². The second kappa shape index (κ2) is 6.04. The third-order valence-electron chi connectivity index (χ3n) is 0.705. The van der Waals surface area contributed by atoms with Gasteiger partial charge in [0.25, 0.3) is 0 Å². The SMILES string of the molecule is C#CCC=CCC=C. The molecule has 0 heterocycles.